The molecule has 5 heteroatoms. The van der Waals surface area contributed by atoms with Gasteiger partial charge in [0.05, 0.1) is 23.7 Å². The van der Waals surface area contributed by atoms with E-state index in [2.05, 4.69) is 21.2 Å². The number of amides is 1. The van der Waals surface area contributed by atoms with Crippen LogP contribution in [0.1, 0.15) is 11.1 Å². The van der Waals surface area contributed by atoms with Crippen molar-refractivity contribution in [2.45, 2.75) is 6.42 Å². The Balaban J connectivity index is 2.07. The highest BCUT2D eigenvalue weighted by atomic mass is 79.9. The molecule has 2 rings (SSSR count). The van der Waals surface area contributed by atoms with Gasteiger partial charge in [0.25, 0.3) is 0 Å². The first kappa shape index (κ1) is 14.2. The molecule has 2 aromatic carbocycles. The molecule has 100 valence electrons. The number of halogens is 2. The van der Waals surface area contributed by atoms with Gasteiger partial charge in [0, 0.05) is 4.47 Å². The molecule has 1 amide bonds. The Morgan fingerprint density at radius 2 is 2.10 bits per heavy atom. The molecule has 0 heterocycles. The number of hydrogen-bond donors (Lipinski definition) is 1. The van der Waals surface area contributed by atoms with Crippen LogP contribution in [-0.2, 0) is 11.2 Å². The van der Waals surface area contributed by atoms with Gasteiger partial charge in [-0.1, -0.05) is 28.1 Å². The molecular weight excluding hydrogens is 323 g/mol. The van der Waals surface area contributed by atoms with E-state index in [4.69, 9.17) is 5.26 Å². The number of nitrogens with one attached hydrogen (secondary N) is 1. The zero-order valence-corrected chi connectivity index (χ0v) is 11.9. The molecule has 0 bridgehead atoms. The van der Waals surface area contributed by atoms with Gasteiger partial charge in [-0.15, -0.1) is 0 Å². The Kier molecular flexibility index (Phi) is 4.49. The van der Waals surface area contributed by atoms with Gasteiger partial charge < -0.3 is 5.32 Å². The summed E-state index contributed by atoms with van der Waals surface area (Å²) in [6, 6.07) is 13.1. The molecule has 0 spiro atoms. The number of hydrogen-bond acceptors (Lipinski definition) is 2. The highest BCUT2D eigenvalue weighted by Gasteiger charge is 2.08. The Morgan fingerprint density at radius 3 is 2.75 bits per heavy atom. The van der Waals surface area contributed by atoms with Crippen LogP contribution in [-0.4, -0.2) is 5.91 Å². The molecule has 2 aromatic rings. The lowest BCUT2D eigenvalue weighted by Crippen LogP contribution is -2.15. The molecule has 0 saturated heterocycles. The zero-order chi connectivity index (χ0) is 14.5. The monoisotopic (exact) mass is 332 g/mol. The van der Waals surface area contributed by atoms with Crippen LogP contribution in [0.4, 0.5) is 10.1 Å². The van der Waals surface area contributed by atoms with E-state index in [1.807, 2.05) is 30.3 Å². The van der Waals surface area contributed by atoms with Crippen molar-refractivity contribution >= 4 is 27.5 Å². The average Bonchev–Trinajstić information content (AvgIpc) is 2.41. The second-order valence-corrected chi connectivity index (χ2v) is 5.08. The Bertz CT molecular complexity index is 695. The van der Waals surface area contributed by atoms with E-state index in [0.29, 0.717) is 0 Å². The minimum absolute atomic E-state index is 0.0731. The molecule has 0 radical (unpaired) electrons. The van der Waals surface area contributed by atoms with Gasteiger partial charge in [-0.25, -0.2) is 4.39 Å². The molecule has 0 fully saturated rings. The fraction of sp³-hybridized carbons (Fsp3) is 0.0667. The quantitative estimate of drug-likeness (QED) is 0.932. The molecule has 0 aromatic heterocycles. The number of anilines is 1. The third-order valence-electron chi connectivity index (χ3n) is 2.63. The summed E-state index contributed by atoms with van der Waals surface area (Å²) in [4.78, 5) is 11.8. The van der Waals surface area contributed by atoms with E-state index < -0.39 is 5.82 Å². The number of nitriles is 1. The lowest BCUT2D eigenvalue weighted by molar-refractivity contribution is -0.115. The van der Waals surface area contributed by atoms with E-state index >= 15 is 0 Å². The van der Waals surface area contributed by atoms with Gasteiger partial charge in [-0.3, -0.25) is 4.79 Å². The van der Waals surface area contributed by atoms with Crippen molar-refractivity contribution in [3.05, 3.63) is 63.9 Å². The second-order valence-electron chi connectivity index (χ2n) is 4.16. The molecule has 0 aliphatic rings. The van der Waals surface area contributed by atoms with E-state index in [9.17, 15) is 9.18 Å². The fourth-order valence-corrected chi connectivity index (χ4v) is 2.16. The molecule has 0 saturated carbocycles. The van der Waals surface area contributed by atoms with Gasteiger partial charge >= 0.3 is 0 Å². The van der Waals surface area contributed by atoms with Crippen molar-refractivity contribution in [3.63, 3.8) is 0 Å². The molecule has 1 N–H and O–H groups in total. The predicted octanol–water partition coefficient (Wildman–Crippen LogP) is 3.64. The topological polar surface area (TPSA) is 52.9 Å². The largest absolute Gasteiger partial charge is 0.323 e. The SMILES string of the molecule is N#Cc1ccc(NC(=O)Cc2cccc(Br)c2)c(F)c1. The van der Waals surface area contributed by atoms with Crippen molar-refractivity contribution in [3.8, 4) is 6.07 Å². The number of carbonyl (C=O) groups is 1. The highest BCUT2D eigenvalue weighted by molar-refractivity contribution is 9.10. The number of carbonyl (C=O) groups excluding carboxylic acids is 1. The van der Waals surface area contributed by atoms with Crippen molar-refractivity contribution in [1.82, 2.24) is 0 Å². The zero-order valence-electron chi connectivity index (χ0n) is 10.4. The van der Waals surface area contributed by atoms with Crippen LogP contribution in [0.2, 0.25) is 0 Å². The van der Waals surface area contributed by atoms with Crippen LogP contribution >= 0.6 is 15.9 Å². The smallest absolute Gasteiger partial charge is 0.228 e. The maximum Gasteiger partial charge on any atom is 0.228 e. The van der Waals surface area contributed by atoms with Gasteiger partial charge in [0.1, 0.15) is 5.82 Å². The number of benzene rings is 2. The summed E-state index contributed by atoms with van der Waals surface area (Å²) in [5.41, 5.74) is 1.11. The molecule has 0 aliphatic carbocycles. The van der Waals surface area contributed by atoms with Crippen LogP contribution in [0.5, 0.6) is 0 Å². The Labute approximate surface area is 124 Å². The fourth-order valence-electron chi connectivity index (χ4n) is 1.71. The van der Waals surface area contributed by atoms with Crippen molar-refractivity contribution in [2.75, 3.05) is 5.32 Å². The van der Waals surface area contributed by atoms with Gasteiger partial charge in [0.2, 0.25) is 5.91 Å². The van der Waals surface area contributed by atoms with Crippen LogP contribution in [0, 0.1) is 17.1 Å². The summed E-state index contributed by atoms with van der Waals surface area (Å²) in [5.74, 6) is -0.932. The second kappa shape index (κ2) is 6.31. The maximum absolute atomic E-state index is 13.6. The summed E-state index contributed by atoms with van der Waals surface area (Å²) in [5, 5.41) is 11.1. The summed E-state index contributed by atoms with van der Waals surface area (Å²) in [6.45, 7) is 0. The Hall–Kier alpha value is -2.19. The van der Waals surface area contributed by atoms with Gasteiger partial charge in [0.15, 0.2) is 0 Å². The maximum atomic E-state index is 13.6. The summed E-state index contributed by atoms with van der Waals surface area (Å²) < 4.78 is 14.5. The lowest BCUT2D eigenvalue weighted by Gasteiger charge is -2.07. The molecule has 3 nitrogen and oxygen atoms in total. The Morgan fingerprint density at radius 1 is 1.30 bits per heavy atom. The molecule has 20 heavy (non-hydrogen) atoms. The molecule has 0 aliphatic heterocycles. The minimum atomic E-state index is -0.619. The highest BCUT2D eigenvalue weighted by Crippen LogP contribution is 2.16. The number of nitrogens with zero attached hydrogens (tertiary/aromatic N) is 1. The third-order valence-corrected chi connectivity index (χ3v) is 3.12. The van der Waals surface area contributed by atoms with Crippen molar-refractivity contribution < 1.29 is 9.18 Å². The van der Waals surface area contributed by atoms with Crippen LogP contribution < -0.4 is 5.32 Å². The predicted molar refractivity (Wildman–Crippen MR) is 77.6 cm³/mol. The summed E-state index contributed by atoms with van der Waals surface area (Å²) in [7, 11) is 0. The van der Waals surface area contributed by atoms with Gasteiger partial charge in [-0.2, -0.15) is 5.26 Å². The average molecular weight is 333 g/mol. The van der Waals surface area contributed by atoms with E-state index in [1.54, 1.807) is 0 Å². The van der Waals surface area contributed by atoms with E-state index in [-0.39, 0.29) is 23.6 Å². The molecular formula is C15H10BrFN2O. The normalized spacial score (nSPS) is 9.85. The van der Waals surface area contributed by atoms with Crippen LogP contribution in [0.3, 0.4) is 0 Å². The standard InChI is InChI=1S/C15H10BrFN2O/c16-12-3-1-2-10(6-12)8-15(20)19-14-5-4-11(9-18)7-13(14)17/h1-7H,8H2,(H,19,20). The van der Waals surface area contributed by atoms with Crippen molar-refractivity contribution in [1.29, 1.82) is 5.26 Å². The number of rotatable bonds is 3. The first-order chi connectivity index (χ1) is 9.58. The van der Waals surface area contributed by atoms with Crippen LogP contribution in [0.15, 0.2) is 46.9 Å². The third kappa shape index (κ3) is 3.65. The van der Waals surface area contributed by atoms with Crippen LogP contribution in [0.25, 0.3) is 0 Å². The first-order valence-electron chi connectivity index (χ1n) is 5.82. The van der Waals surface area contributed by atoms with E-state index in [0.717, 1.165) is 16.1 Å². The molecule has 0 unspecified atom stereocenters. The lowest BCUT2D eigenvalue weighted by atomic mass is 10.1. The first-order valence-corrected chi connectivity index (χ1v) is 6.62. The van der Waals surface area contributed by atoms with Crippen molar-refractivity contribution in [2.24, 2.45) is 0 Å². The summed E-state index contributed by atoms with van der Waals surface area (Å²) in [6.07, 6.45) is 0.152. The summed E-state index contributed by atoms with van der Waals surface area (Å²) >= 11 is 3.32. The minimum Gasteiger partial charge on any atom is -0.323 e. The molecule has 0 atom stereocenters. The van der Waals surface area contributed by atoms with E-state index in [1.165, 1.54) is 12.1 Å². The van der Waals surface area contributed by atoms with Gasteiger partial charge in [-0.05, 0) is 35.9 Å².